The fraction of sp³-hybridized carbons (Fsp3) is 0.529. The Labute approximate surface area is 136 Å². The summed E-state index contributed by atoms with van der Waals surface area (Å²) in [6.07, 6.45) is 0.629. The fourth-order valence-electron chi connectivity index (χ4n) is 2.76. The van der Waals surface area contributed by atoms with Crippen LogP contribution in [0.15, 0.2) is 24.3 Å². The Kier molecular flexibility index (Phi) is 5.47. The van der Waals surface area contributed by atoms with E-state index in [0.29, 0.717) is 24.3 Å². The van der Waals surface area contributed by atoms with Gasteiger partial charge in [0.05, 0.1) is 13.0 Å². The summed E-state index contributed by atoms with van der Waals surface area (Å²) in [4.78, 5) is 25.4. The number of hydrogen-bond acceptors (Lipinski definition) is 4. The van der Waals surface area contributed by atoms with Gasteiger partial charge in [-0.25, -0.2) is 0 Å². The van der Waals surface area contributed by atoms with E-state index in [9.17, 15) is 9.59 Å². The van der Waals surface area contributed by atoms with Gasteiger partial charge in [0, 0.05) is 12.6 Å². The molecule has 1 N–H and O–H groups in total. The quantitative estimate of drug-likeness (QED) is 0.899. The number of nitrogens with zero attached hydrogens (tertiary/aromatic N) is 1. The van der Waals surface area contributed by atoms with Crippen molar-refractivity contribution in [2.75, 3.05) is 13.7 Å². The molecular weight excluding hydrogens is 298 g/mol. The van der Waals surface area contributed by atoms with Gasteiger partial charge in [-0.05, 0) is 51.0 Å². The van der Waals surface area contributed by atoms with E-state index in [1.165, 1.54) is 0 Å². The second-order valence-corrected chi connectivity index (χ2v) is 5.89. The van der Waals surface area contributed by atoms with Crippen LogP contribution in [0.1, 0.15) is 26.7 Å². The summed E-state index contributed by atoms with van der Waals surface area (Å²) in [5.74, 6) is -0.239. The van der Waals surface area contributed by atoms with Crippen LogP contribution in [0.4, 0.5) is 0 Å². The number of carboxylic acid groups (broad SMARTS) is 1. The monoisotopic (exact) mass is 321 g/mol. The second kappa shape index (κ2) is 7.35. The molecule has 0 bridgehead atoms. The average molecular weight is 321 g/mol. The molecule has 0 radical (unpaired) electrons. The molecule has 126 valence electrons. The summed E-state index contributed by atoms with van der Waals surface area (Å²) >= 11 is 0. The highest BCUT2D eigenvalue weighted by Gasteiger charge is 2.34. The lowest BCUT2D eigenvalue weighted by Crippen LogP contribution is -2.51. The first-order valence-electron chi connectivity index (χ1n) is 7.76. The molecule has 0 saturated carbocycles. The van der Waals surface area contributed by atoms with Crippen LogP contribution >= 0.6 is 0 Å². The Bertz CT molecular complexity index is 557. The molecule has 3 unspecified atom stereocenters. The van der Waals surface area contributed by atoms with E-state index < -0.39 is 18.0 Å². The van der Waals surface area contributed by atoms with E-state index in [2.05, 4.69) is 0 Å². The number of methoxy groups -OCH3 is 1. The maximum Gasteiger partial charge on any atom is 0.308 e. The normalized spacial score (nSPS) is 22.3. The highest BCUT2D eigenvalue weighted by atomic mass is 16.5. The number of benzene rings is 1. The predicted molar refractivity (Wildman–Crippen MR) is 84.6 cm³/mol. The minimum Gasteiger partial charge on any atom is -0.497 e. The molecule has 1 amide bonds. The number of rotatable bonds is 5. The lowest BCUT2D eigenvalue weighted by molar-refractivity contribution is -0.149. The number of aliphatic carboxylic acids is 1. The number of carbonyl (C=O) groups is 2. The molecule has 3 atom stereocenters. The average Bonchev–Trinajstić information content (AvgIpc) is 2.55. The van der Waals surface area contributed by atoms with Crippen molar-refractivity contribution < 1.29 is 24.2 Å². The molecule has 1 saturated heterocycles. The van der Waals surface area contributed by atoms with Crippen molar-refractivity contribution in [3.8, 4) is 11.5 Å². The van der Waals surface area contributed by atoms with Crippen molar-refractivity contribution in [2.24, 2.45) is 5.92 Å². The zero-order valence-corrected chi connectivity index (χ0v) is 13.7. The maximum atomic E-state index is 12.6. The number of ether oxygens (including phenoxy) is 2. The third kappa shape index (κ3) is 4.15. The number of hydrogen-bond donors (Lipinski definition) is 1. The Hall–Kier alpha value is -2.24. The van der Waals surface area contributed by atoms with Gasteiger partial charge >= 0.3 is 5.97 Å². The first-order chi connectivity index (χ1) is 10.9. The van der Waals surface area contributed by atoms with Crippen LogP contribution in [0.3, 0.4) is 0 Å². The van der Waals surface area contributed by atoms with Crippen molar-refractivity contribution in [1.29, 1.82) is 0 Å². The van der Waals surface area contributed by atoms with E-state index in [-0.39, 0.29) is 18.5 Å². The number of piperidine rings is 1. The molecule has 6 heteroatoms. The molecule has 1 aliphatic heterocycles. The van der Waals surface area contributed by atoms with Gasteiger partial charge in [-0.1, -0.05) is 0 Å². The molecule has 23 heavy (non-hydrogen) atoms. The molecule has 1 aliphatic rings. The molecule has 2 rings (SSSR count). The van der Waals surface area contributed by atoms with Gasteiger partial charge in [0.1, 0.15) is 11.5 Å². The third-order valence-corrected chi connectivity index (χ3v) is 4.23. The smallest absolute Gasteiger partial charge is 0.308 e. The summed E-state index contributed by atoms with van der Waals surface area (Å²) < 4.78 is 10.8. The van der Waals surface area contributed by atoms with Gasteiger partial charge in [0.15, 0.2) is 6.10 Å². The third-order valence-electron chi connectivity index (χ3n) is 4.23. The van der Waals surface area contributed by atoms with E-state index in [0.717, 1.165) is 0 Å². The molecule has 1 aromatic carbocycles. The molecule has 1 fully saturated rings. The van der Waals surface area contributed by atoms with Crippen LogP contribution in [0.5, 0.6) is 11.5 Å². The van der Waals surface area contributed by atoms with E-state index in [1.807, 2.05) is 6.92 Å². The topological polar surface area (TPSA) is 76.1 Å². The minimum atomic E-state index is -0.849. The highest BCUT2D eigenvalue weighted by molar-refractivity contribution is 5.82. The molecule has 0 spiro atoms. The first-order valence-corrected chi connectivity index (χ1v) is 7.76. The fourth-order valence-corrected chi connectivity index (χ4v) is 2.76. The number of carboxylic acids is 1. The lowest BCUT2D eigenvalue weighted by atomic mass is 9.93. The summed E-state index contributed by atoms with van der Waals surface area (Å²) in [7, 11) is 1.58. The van der Waals surface area contributed by atoms with Gasteiger partial charge < -0.3 is 19.5 Å². The minimum absolute atomic E-state index is 0.0278. The van der Waals surface area contributed by atoms with Crippen LogP contribution in [-0.4, -0.2) is 47.7 Å². The lowest BCUT2D eigenvalue weighted by Gasteiger charge is -2.37. The standard InChI is InChI=1S/C17H23NO5/c1-11-4-5-13(17(20)21)10-18(11)16(19)12(2)23-15-8-6-14(22-3)7-9-15/h6-9,11-13H,4-5,10H2,1-3H3,(H,20,21). The molecule has 6 nitrogen and oxygen atoms in total. The zero-order chi connectivity index (χ0) is 17.0. The van der Waals surface area contributed by atoms with E-state index in [4.69, 9.17) is 14.6 Å². The zero-order valence-electron chi connectivity index (χ0n) is 13.7. The van der Waals surface area contributed by atoms with Crippen LogP contribution in [0.25, 0.3) is 0 Å². The Morgan fingerprint density at radius 1 is 1.22 bits per heavy atom. The van der Waals surface area contributed by atoms with Crippen LogP contribution < -0.4 is 9.47 Å². The number of likely N-dealkylation sites (tertiary alicyclic amines) is 1. The Balaban J connectivity index is 2.00. The molecule has 0 aliphatic carbocycles. The SMILES string of the molecule is COc1ccc(OC(C)C(=O)N2CC(C(=O)O)CCC2C)cc1. The number of amides is 1. The van der Waals surface area contributed by atoms with Gasteiger partial charge in [0.25, 0.3) is 5.91 Å². The largest absolute Gasteiger partial charge is 0.497 e. The van der Waals surface area contributed by atoms with Crippen molar-refractivity contribution >= 4 is 11.9 Å². The van der Waals surface area contributed by atoms with Crippen LogP contribution in [-0.2, 0) is 9.59 Å². The number of carbonyl (C=O) groups excluding carboxylic acids is 1. The molecule has 0 aromatic heterocycles. The van der Waals surface area contributed by atoms with E-state index in [1.54, 1.807) is 43.2 Å². The maximum absolute atomic E-state index is 12.6. The molecular formula is C17H23NO5. The molecule has 1 aromatic rings. The van der Waals surface area contributed by atoms with Crippen molar-refractivity contribution in [2.45, 2.75) is 38.8 Å². The van der Waals surface area contributed by atoms with Gasteiger partial charge in [-0.15, -0.1) is 0 Å². The van der Waals surface area contributed by atoms with Gasteiger partial charge in [0.2, 0.25) is 0 Å². The summed E-state index contributed by atoms with van der Waals surface area (Å²) in [6.45, 7) is 3.87. The first kappa shape index (κ1) is 17.1. The van der Waals surface area contributed by atoms with Gasteiger partial charge in [-0.3, -0.25) is 9.59 Å². The van der Waals surface area contributed by atoms with Crippen LogP contribution in [0.2, 0.25) is 0 Å². The Morgan fingerprint density at radius 3 is 2.39 bits per heavy atom. The Morgan fingerprint density at radius 2 is 1.83 bits per heavy atom. The highest BCUT2D eigenvalue weighted by Crippen LogP contribution is 2.24. The van der Waals surface area contributed by atoms with Crippen molar-refractivity contribution in [3.05, 3.63) is 24.3 Å². The molecule has 1 heterocycles. The van der Waals surface area contributed by atoms with Crippen molar-refractivity contribution in [3.63, 3.8) is 0 Å². The van der Waals surface area contributed by atoms with E-state index >= 15 is 0 Å². The van der Waals surface area contributed by atoms with Crippen LogP contribution in [0, 0.1) is 5.92 Å². The predicted octanol–water partition coefficient (Wildman–Crippen LogP) is 2.17. The van der Waals surface area contributed by atoms with Gasteiger partial charge in [-0.2, -0.15) is 0 Å². The summed E-state index contributed by atoms with van der Waals surface area (Å²) in [6, 6.07) is 7.03. The van der Waals surface area contributed by atoms with Crippen molar-refractivity contribution in [1.82, 2.24) is 4.90 Å². The summed E-state index contributed by atoms with van der Waals surface area (Å²) in [5.41, 5.74) is 0. The summed E-state index contributed by atoms with van der Waals surface area (Å²) in [5, 5.41) is 9.17. The second-order valence-electron chi connectivity index (χ2n) is 5.89.